The molecule has 5 rings (SSSR count). The van der Waals surface area contributed by atoms with Crippen LogP contribution in [0.25, 0.3) is 28.1 Å². The number of H-pyrrole nitrogens is 1. The van der Waals surface area contributed by atoms with Crippen LogP contribution in [0.3, 0.4) is 0 Å². The molecule has 0 amide bonds. The van der Waals surface area contributed by atoms with Crippen LogP contribution in [0.2, 0.25) is 0 Å². The summed E-state index contributed by atoms with van der Waals surface area (Å²) >= 11 is 0. The van der Waals surface area contributed by atoms with Crippen molar-refractivity contribution in [3.63, 3.8) is 0 Å². The number of nitrogens with zero attached hydrogens (tertiary/aromatic N) is 5. The summed E-state index contributed by atoms with van der Waals surface area (Å²) in [7, 11) is 0. The van der Waals surface area contributed by atoms with E-state index in [-0.39, 0.29) is 0 Å². The lowest BCUT2D eigenvalue weighted by Gasteiger charge is -2.28. The van der Waals surface area contributed by atoms with E-state index in [1.54, 1.807) is 0 Å². The van der Waals surface area contributed by atoms with Crippen molar-refractivity contribution in [2.75, 3.05) is 11.4 Å². The van der Waals surface area contributed by atoms with Gasteiger partial charge in [-0.3, -0.25) is 0 Å². The Balaban J connectivity index is 1.77. The summed E-state index contributed by atoms with van der Waals surface area (Å²) in [4.78, 5) is 15.9. The fourth-order valence-electron chi connectivity index (χ4n) is 4.86. The van der Waals surface area contributed by atoms with Crippen molar-refractivity contribution < 1.29 is 0 Å². The second-order valence-corrected chi connectivity index (χ2v) is 8.17. The van der Waals surface area contributed by atoms with E-state index in [4.69, 9.17) is 15.1 Å². The second-order valence-electron chi connectivity index (χ2n) is 8.17. The van der Waals surface area contributed by atoms with Crippen molar-refractivity contribution in [2.24, 2.45) is 0 Å². The van der Waals surface area contributed by atoms with E-state index in [9.17, 15) is 0 Å². The van der Waals surface area contributed by atoms with Crippen molar-refractivity contribution in [2.45, 2.75) is 59.9 Å². The van der Waals surface area contributed by atoms with Crippen LogP contribution in [0.4, 0.5) is 5.82 Å². The Morgan fingerprint density at radius 3 is 2.59 bits per heavy atom. The summed E-state index contributed by atoms with van der Waals surface area (Å²) in [5.74, 6) is 2.07. The highest BCUT2D eigenvalue weighted by Gasteiger charge is 2.31. The molecule has 1 aliphatic rings. The van der Waals surface area contributed by atoms with Crippen LogP contribution in [0.1, 0.15) is 49.2 Å². The lowest BCUT2D eigenvalue weighted by atomic mass is 10.1. The van der Waals surface area contributed by atoms with E-state index in [2.05, 4.69) is 67.2 Å². The summed E-state index contributed by atoms with van der Waals surface area (Å²) < 4.78 is 2.07. The summed E-state index contributed by atoms with van der Waals surface area (Å²) in [6, 6.07) is 6.76. The summed E-state index contributed by atoms with van der Waals surface area (Å²) in [5.41, 5.74) is 8.53. The molecule has 150 valence electrons. The Labute approximate surface area is 171 Å². The maximum absolute atomic E-state index is 5.00. The Morgan fingerprint density at radius 2 is 1.86 bits per heavy atom. The van der Waals surface area contributed by atoms with Gasteiger partial charge in [0.1, 0.15) is 11.6 Å². The smallest absolute Gasteiger partial charge is 0.168 e. The Hall–Kier alpha value is -2.89. The van der Waals surface area contributed by atoms with Crippen LogP contribution in [0, 0.1) is 20.8 Å². The normalized spacial score (nSPS) is 13.9. The molecule has 0 saturated heterocycles. The van der Waals surface area contributed by atoms with Gasteiger partial charge in [0.05, 0.1) is 22.3 Å². The van der Waals surface area contributed by atoms with Crippen LogP contribution < -0.4 is 4.90 Å². The van der Waals surface area contributed by atoms with Gasteiger partial charge >= 0.3 is 0 Å². The highest BCUT2D eigenvalue weighted by atomic mass is 15.4. The van der Waals surface area contributed by atoms with Crippen molar-refractivity contribution in [1.82, 2.24) is 24.6 Å². The summed E-state index contributed by atoms with van der Waals surface area (Å²) in [5, 5.41) is 4.95. The zero-order chi connectivity index (χ0) is 20.3. The van der Waals surface area contributed by atoms with Crippen molar-refractivity contribution in [3.05, 3.63) is 40.7 Å². The number of nitrogens with one attached hydrogen (secondary N) is 1. The maximum atomic E-state index is 5.00. The molecule has 0 spiro atoms. The highest BCUT2D eigenvalue weighted by molar-refractivity contribution is 5.86. The average Bonchev–Trinajstić information content (AvgIpc) is 3.39. The van der Waals surface area contributed by atoms with Gasteiger partial charge in [0.25, 0.3) is 0 Å². The summed E-state index contributed by atoms with van der Waals surface area (Å²) in [6.07, 6.45) is 3.31. The van der Waals surface area contributed by atoms with Crippen LogP contribution in [0.5, 0.6) is 0 Å². The maximum Gasteiger partial charge on any atom is 0.168 e. The minimum Gasteiger partial charge on any atom is -0.353 e. The Kier molecular flexibility index (Phi) is 4.12. The molecule has 29 heavy (non-hydrogen) atoms. The van der Waals surface area contributed by atoms with Gasteiger partial charge in [0, 0.05) is 23.8 Å². The Morgan fingerprint density at radius 1 is 1.07 bits per heavy atom. The molecule has 1 N–H and O–H groups in total. The molecular weight excluding hydrogens is 360 g/mol. The molecule has 3 aromatic heterocycles. The van der Waals surface area contributed by atoms with E-state index in [0.29, 0.717) is 6.04 Å². The third kappa shape index (κ3) is 2.58. The quantitative estimate of drug-likeness (QED) is 0.548. The number of hydrogen-bond donors (Lipinski definition) is 1. The molecular formula is C23H28N6. The number of aromatic nitrogens is 5. The van der Waals surface area contributed by atoms with E-state index in [0.717, 1.165) is 65.3 Å². The van der Waals surface area contributed by atoms with Crippen molar-refractivity contribution in [1.29, 1.82) is 0 Å². The zero-order valence-electron chi connectivity index (χ0n) is 17.9. The van der Waals surface area contributed by atoms with Gasteiger partial charge < -0.3 is 9.88 Å². The van der Waals surface area contributed by atoms with Crippen LogP contribution in [-0.2, 0) is 6.42 Å². The number of imidazole rings is 1. The first-order chi connectivity index (χ1) is 14.0. The third-order valence-corrected chi connectivity index (χ3v) is 6.43. The van der Waals surface area contributed by atoms with Crippen LogP contribution in [-0.4, -0.2) is 37.2 Å². The third-order valence-electron chi connectivity index (χ3n) is 6.43. The number of rotatable bonds is 4. The molecule has 0 radical (unpaired) electrons. The van der Waals surface area contributed by atoms with Gasteiger partial charge in [0.15, 0.2) is 5.65 Å². The minimum absolute atomic E-state index is 0.531. The van der Waals surface area contributed by atoms with Gasteiger partial charge in [-0.25, -0.2) is 9.97 Å². The number of hydrogen-bond acceptors (Lipinski definition) is 4. The molecule has 0 aliphatic carbocycles. The molecule has 1 aliphatic heterocycles. The molecule has 1 aromatic carbocycles. The van der Waals surface area contributed by atoms with Crippen LogP contribution >= 0.6 is 0 Å². The predicted molar refractivity (Wildman–Crippen MR) is 118 cm³/mol. The fourth-order valence-corrected chi connectivity index (χ4v) is 4.86. The average molecular weight is 389 g/mol. The fraction of sp³-hybridized carbons (Fsp3) is 0.435. The van der Waals surface area contributed by atoms with Gasteiger partial charge in [-0.1, -0.05) is 26.0 Å². The predicted octanol–water partition coefficient (Wildman–Crippen LogP) is 4.75. The molecule has 0 bridgehead atoms. The van der Waals surface area contributed by atoms with E-state index in [1.807, 2.05) is 0 Å². The van der Waals surface area contributed by atoms with Crippen molar-refractivity contribution >= 4 is 22.5 Å². The van der Waals surface area contributed by atoms with E-state index in [1.165, 1.54) is 16.9 Å². The number of para-hydroxylation sites is 1. The zero-order valence-corrected chi connectivity index (χ0v) is 17.9. The molecule has 0 unspecified atom stereocenters. The monoisotopic (exact) mass is 388 g/mol. The minimum atomic E-state index is 0.531. The van der Waals surface area contributed by atoms with Gasteiger partial charge in [-0.2, -0.15) is 9.61 Å². The lowest BCUT2D eigenvalue weighted by molar-refractivity contribution is 0.563. The summed E-state index contributed by atoms with van der Waals surface area (Å²) in [6.45, 7) is 11.9. The molecule has 0 fully saturated rings. The number of aromatic amines is 1. The van der Waals surface area contributed by atoms with Gasteiger partial charge in [0.2, 0.25) is 0 Å². The molecule has 0 atom stereocenters. The molecule has 4 heterocycles. The number of benzene rings is 1. The van der Waals surface area contributed by atoms with E-state index < -0.39 is 0 Å². The van der Waals surface area contributed by atoms with Gasteiger partial charge in [-0.05, 0) is 51.7 Å². The largest absolute Gasteiger partial charge is 0.353 e. The topological polar surface area (TPSA) is 62.1 Å². The standard InChI is InChI=1S/C23H28N6/c1-6-16(7-2)28-12-11-17-14(4)24-22-19(15(5)27-29(22)23(17)28)21-25-18-10-8-9-13(3)20(18)26-21/h8-10,16H,6-7,11-12H2,1-5H3,(H,25,26). The first-order valence-electron chi connectivity index (χ1n) is 10.6. The molecule has 4 aromatic rings. The number of aryl methyl sites for hydroxylation is 3. The van der Waals surface area contributed by atoms with Gasteiger partial charge in [-0.15, -0.1) is 0 Å². The van der Waals surface area contributed by atoms with E-state index >= 15 is 0 Å². The van der Waals surface area contributed by atoms with Crippen molar-refractivity contribution in [3.8, 4) is 11.4 Å². The Bertz CT molecular complexity index is 1230. The first-order valence-corrected chi connectivity index (χ1v) is 10.6. The second kappa shape index (κ2) is 6.58. The molecule has 6 heteroatoms. The molecule has 6 nitrogen and oxygen atoms in total. The number of anilines is 1. The lowest BCUT2D eigenvalue weighted by Crippen LogP contribution is -2.34. The highest BCUT2D eigenvalue weighted by Crippen LogP contribution is 2.37. The SMILES string of the molecule is CCC(CC)N1CCc2c(C)nc3c(-c4nc5c(C)cccc5[nH]4)c(C)nn3c21. The first kappa shape index (κ1) is 18.2. The van der Waals surface area contributed by atoms with Crippen LogP contribution in [0.15, 0.2) is 18.2 Å². The molecule has 0 saturated carbocycles. The number of fused-ring (bicyclic) bond motifs is 4.